The number of hydrogen-bond donors (Lipinski definition) is 1. The molecule has 0 saturated carbocycles. The molecule has 1 aliphatic rings. The molecule has 25 heavy (non-hydrogen) atoms. The molecule has 6 nitrogen and oxygen atoms in total. The van der Waals surface area contributed by atoms with Crippen LogP contribution in [0.2, 0.25) is 0 Å². The number of H-pyrrole nitrogens is 1. The monoisotopic (exact) mass is 342 g/mol. The van der Waals surface area contributed by atoms with Crippen LogP contribution in [0, 0.1) is 5.92 Å². The Kier molecular flexibility index (Phi) is 5.36. The Hall–Kier alpha value is -2.37. The number of nitrogens with zero attached hydrogens (tertiary/aromatic N) is 3. The summed E-state index contributed by atoms with van der Waals surface area (Å²) < 4.78 is 0. The van der Waals surface area contributed by atoms with Gasteiger partial charge in [0.25, 0.3) is 5.91 Å². The molecule has 2 heterocycles. The summed E-state index contributed by atoms with van der Waals surface area (Å²) in [5.41, 5.74) is 2.38. The highest BCUT2D eigenvalue weighted by Gasteiger charge is 2.25. The van der Waals surface area contributed by atoms with Crippen molar-refractivity contribution in [1.82, 2.24) is 19.8 Å². The maximum absolute atomic E-state index is 12.7. The highest BCUT2D eigenvalue weighted by atomic mass is 16.2. The van der Waals surface area contributed by atoms with E-state index in [9.17, 15) is 9.59 Å². The van der Waals surface area contributed by atoms with Crippen molar-refractivity contribution in [2.24, 2.45) is 5.92 Å². The minimum absolute atomic E-state index is 0.0166. The highest BCUT2D eigenvalue weighted by Crippen LogP contribution is 2.16. The van der Waals surface area contributed by atoms with Gasteiger partial charge in [0.1, 0.15) is 0 Å². The lowest BCUT2D eigenvalue weighted by molar-refractivity contribution is -0.133. The summed E-state index contributed by atoms with van der Waals surface area (Å²) >= 11 is 0. The van der Waals surface area contributed by atoms with Gasteiger partial charge in [0.2, 0.25) is 5.91 Å². The van der Waals surface area contributed by atoms with Crippen LogP contribution in [0.4, 0.5) is 0 Å². The van der Waals surface area contributed by atoms with Crippen molar-refractivity contribution >= 4 is 22.8 Å². The summed E-state index contributed by atoms with van der Waals surface area (Å²) in [5, 5.41) is 0. The van der Waals surface area contributed by atoms with E-state index in [-0.39, 0.29) is 11.8 Å². The third-order valence-corrected chi connectivity index (χ3v) is 4.89. The van der Waals surface area contributed by atoms with E-state index in [2.05, 4.69) is 23.8 Å². The van der Waals surface area contributed by atoms with Crippen LogP contribution in [0.25, 0.3) is 11.0 Å². The van der Waals surface area contributed by atoms with E-state index in [1.165, 1.54) is 0 Å². The average Bonchev–Trinajstić information content (AvgIpc) is 3.09. The molecule has 0 spiro atoms. The number of aromatic amines is 1. The Bertz CT molecular complexity index is 747. The second kappa shape index (κ2) is 7.68. The first-order chi connectivity index (χ1) is 12.1. The summed E-state index contributed by atoms with van der Waals surface area (Å²) in [7, 11) is 0. The average molecular weight is 342 g/mol. The first kappa shape index (κ1) is 17.5. The van der Waals surface area contributed by atoms with Gasteiger partial charge in [0, 0.05) is 38.2 Å². The lowest BCUT2D eigenvalue weighted by Crippen LogP contribution is -2.50. The van der Waals surface area contributed by atoms with Crippen molar-refractivity contribution in [3.63, 3.8) is 0 Å². The minimum atomic E-state index is 0.0166. The van der Waals surface area contributed by atoms with Gasteiger partial charge in [-0.3, -0.25) is 9.59 Å². The Labute approximate surface area is 148 Å². The molecule has 0 bridgehead atoms. The van der Waals surface area contributed by atoms with E-state index in [0.29, 0.717) is 44.1 Å². The molecule has 1 aliphatic heterocycles. The first-order valence-electron chi connectivity index (χ1n) is 9.08. The molecular formula is C19H26N4O2. The largest absolute Gasteiger partial charge is 0.345 e. The third kappa shape index (κ3) is 4.00. The lowest BCUT2D eigenvalue weighted by atomic mass is 10.0. The Morgan fingerprint density at radius 2 is 1.92 bits per heavy atom. The van der Waals surface area contributed by atoms with E-state index in [1.54, 1.807) is 6.33 Å². The number of nitrogens with one attached hydrogen (secondary N) is 1. The molecule has 1 aromatic carbocycles. The lowest BCUT2D eigenvalue weighted by Gasteiger charge is -2.35. The molecule has 0 radical (unpaired) electrons. The van der Waals surface area contributed by atoms with Crippen molar-refractivity contribution in [3.8, 4) is 0 Å². The molecule has 2 aromatic rings. The third-order valence-electron chi connectivity index (χ3n) is 4.89. The summed E-state index contributed by atoms with van der Waals surface area (Å²) in [5.74, 6) is 0.660. The number of rotatable bonds is 5. The fourth-order valence-corrected chi connectivity index (χ4v) is 3.43. The normalized spacial score (nSPS) is 16.2. The molecule has 1 N–H and O–H groups in total. The number of amides is 2. The predicted molar refractivity (Wildman–Crippen MR) is 97.3 cm³/mol. The smallest absolute Gasteiger partial charge is 0.254 e. The van der Waals surface area contributed by atoms with Crippen LogP contribution in [0.15, 0.2) is 24.5 Å². The van der Waals surface area contributed by atoms with Crippen LogP contribution in [0.3, 0.4) is 0 Å². The second-order valence-corrected chi connectivity index (χ2v) is 6.91. The van der Waals surface area contributed by atoms with Crippen molar-refractivity contribution in [2.45, 2.75) is 33.1 Å². The van der Waals surface area contributed by atoms with Gasteiger partial charge in [0.05, 0.1) is 17.4 Å². The maximum atomic E-state index is 12.7. The summed E-state index contributed by atoms with van der Waals surface area (Å²) in [6.07, 6.45) is 4.43. The molecule has 3 rings (SSSR count). The number of carbonyl (C=O) groups is 2. The summed E-state index contributed by atoms with van der Waals surface area (Å²) in [4.78, 5) is 36.0. The fraction of sp³-hybridized carbons (Fsp3) is 0.526. The number of carbonyl (C=O) groups excluding carboxylic acids is 2. The van der Waals surface area contributed by atoms with E-state index in [1.807, 2.05) is 28.0 Å². The molecule has 6 heteroatoms. The van der Waals surface area contributed by atoms with Crippen LogP contribution >= 0.6 is 0 Å². The Morgan fingerprint density at radius 1 is 1.20 bits per heavy atom. The van der Waals surface area contributed by atoms with E-state index < -0.39 is 0 Å². The van der Waals surface area contributed by atoms with Crippen LogP contribution in [0.5, 0.6) is 0 Å². The van der Waals surface area contributed by atoms with Crippen molar-refractivity contribution in [1.29, 1.82) is 0 Å². The van der Waals surface area contributed by atoms with Gasteiger partial charge in [-0.05, 0) is 24.1 Å². The van der Waals surface area contributed by atoms with Gasteiger partial charge in [-0.2, -0.15) is 0 Å². The van der Waals surface area contributed by atoms with Gasteiger partial charge < -0.3 is 14.8 Å². The minimum Gasteiger partial charge on any atom is -0.345 e. The van der Waals surface area contributed by atoms with Crippen LogP contribution in [-0.2, 0) is 4.79 Å². The zero-order valence-corrected chi connectivity index (χ0v) is 15.0. The van der Waals surface area contributed by atoms with E-state index in [0.717, 1.165) is 23.9 Å². The molecule has 1 aromatic heterocycles. The number of benzene rings is 1. The van der Waals surface area contributed by atoms with Gasteiger partial charge in [-0.1, -0.05) is 26.7 Å². The molecule has 1 saturated heterocycles. The van der Waals surface area contributed by atoms with Crippen molar-refractivity contribution in [3.05, 3.63) is 30.1 Å². The molecule has 0 unspecified atom stereocenters. The van der Waals surface area contributed by atoms with Crippen LogP contribution in [-0.4, -0.2) is 57.8 Å². The number of hydrogen-bond acceptors (Lipinski definition) is 3. The van der Waals surface area contributed by atoms with Crippen molar-refractivity contribution < 1.29 is 9.59 Å². The highest BCUT2D eigenvalue weighted by molar-refractivity contribution is 5.97. The molecule has 0 aliphatic carbocycles. The first-order valence-corrected chi connectivity index (χ1v) is 9.08. The van der Waals surface area contributed by atoms with E-state index in [4.69, 9.17) is 0 Å². The molecule has 1 fully saturated rings. The fourth-order valence-electron chi connectivity index (χ4n) is 3.43. The number of piperazine rings is 1. The van der Waals surface area contributed by atoms with Crippen LogP contribution in [0.1, 0.15) is 43.5 Å². The van der Waals surface area contributed by atoms with Crippen LogP contribution < -0.4 is 0 Å². The number of imidazole rings is 1. The van der Waals surface area contributed by atoms with E-state index >= 15 is 0 Å². The molecular weight excluding hydrogens is 316 g/mol. The summed E-state index contributed by atoms with van der Waals surface area (Å²) in [6.45, 7) is 6.70. The zero-order chi connectivity index (χ0) is 17.8. The molecule has 2 amide bonds. The van der Waals surface area contributed by atoms with Gasteiger partial charge in [-0.15, -0.1) is 0 Å². The molecule has 134 valence electrons. The quantitative estimate of drug-likeness (QED) is 0.908. The Balaban J connectivity index is 1.56. The van der Waals surface area contributed by atoms with Crippen molar-refractivity contribution in [2.75, 3.05) is 26.2 Å². The zero-order valence-electron chi connectivity index (χ0n) is 15.0. The maximum Gasteiger partial charge on any atom is 0.254 e. The Morgan fingerprint density at radius 3 is 2.64 bits per heavy atom. The van der Waals surface area contributed by atoms with Gasteiger partial charge in [-0.25, -0.2) is 4.98 Å². The summed E-state index contributed by atoms with van der Waals surface area (Å²) in [6, 6.07) is 5.51. The SMILES string of the molecule is CCC[C@@H](C)CC(=O)N1CCN(C(=O)c2ccc3nc[nH]c3c2)CC1. The number of aromatic nitrogens is 2. The predicted octanol–water partition coefficient (Wildman–Crippen LogP) is 2.67. The van der Waals surface area contributed by atoms with Gasteiger partial charge >= 0.3 is 0 Å². The second-order valence-electron chi connectivity index (χ2n) is 6.91. The topological polar surface area (TPSA) is 69.3 Å². The standard InChI is InChI=1S/C19H26N4O2/c1-3-4-14(2)11-18(24)22-7-9-23(10-8-22)19(25)15-5-6-16-17(12-15)21-13-20-16/h5-6,12-14H,3-4,7-11H2,1-2H3,(H,20,21)/t14-/m1/s1. The number of fused-ring (bicyclic) bond motifs is 1. The molecule has 1 atom stereocenters. The van der Waals surface area contributed by atoms with Gasteiger partial charge in [0.15, 0.2) is 0 Å².